The van der Waals surface area contributed by atoms with Gasteiger partial charge in [0.25, 0.3) is 10.0 Å². The van der Waals surface area contributed by atoms with Crippen molar-refractivity contribution in [1.82, 2.24) is 0 Å². The van der Waals surface area contributed by atoms with E-state index in [4.69, 9.17) is 0 Å². The van der Waals surface area contributed by atoms with Crippen LogP contribution in [0.25, 0.3) is 0 Å². The van der Waals surface area contributed by atoms with E-state index >= 15 is 0 Å². The number of rotatable bonds is 3. The molecular formula is C16H16FNO2S. The number of anilines is 1. The molecule has 0 amide bonds. The fourth-order valence-corrected chi connectivity index (χ4v) is 3.74. The molecule has 0 aliphatic heterocycles. The van der Waals surface area contributed by atoms with Gasteiger partial charge in [0.15, 0.2) is 0 Å². The minimum Gasteiger partial charge on any atom is -0.277 e. The molecule has 0 fully saturated rings. The van der Waals surface area contributed by atoms with Crippen LogP contribution in [0.2, 0.25) is 0 Å². The molecule has 21 heavy (non-hydrogen) atoms. The van der Waals surface area contributed by atoms with Gasteiger partial charge in [-0.25, -0.2) is 12.8 Å². The van der Waals surface area contributed by atoms with Crippen molar-refractivity contribution in [2.75, 3.05) is 4.72 Å². The number of benzene rings is 2. The lowest BCUT2D eigenvalue weighted by molar-refractivity contribution is 0.598. The van der Waals surface area contributed by atoms with E-state index in [2.05, 4.69) is 4.72 Å². The minimum absolute atomic E-state index is 0.0322. The van der Waals surface area contributed by atoms with Gasteiger partial charge in [-0.05, 0) is 61.1 Å². The van der Waals surface area contributed by atoms with Crippen molar-refractivity contribution in [2.45, 2.75) is 30.6 Å². The van der Waals surface area contributed by atoms with Gasteiger partial charge in [0, 0.05) is 0 Å². The summed E-state index contributed by atoms with van der Waals surface area (Å²) >= 11 is 0. The molecule has 0 bridgehead atoms. The Balaban J connectivity index is 1.93. The maximum atomic E-state index is 13.6. The second kappa shape index (κ2) is 5.48. The molecule has 2 aromatic rings. The summed E-state index contributed by atoms with van der Waals surface area (Å²) in [6, 6.07) is 10.9. The highest BCUT2D eigenvalue weighted by molar-refractivity contribution is 7.92. The van der Waals surface area contributed by atoms with Gasteiger partial charge in [0.2, 0.25) is 0 Å². The predicted molar refractivity (Wildman–Crippen MR) is 80.3 cm³/mol. The monoisotopic (exact) mass is 305 g/mol. The first-order valence-electron chi connectivity index (χ1n) is 6.95. The first kappa shape index (κ1) is 14.1. The number of hydrogen-bond acceptors (Lipinski definition) is 2. The molecule has 0 aromatic heterocycles. The SMILES string of the molecule is O=S(=O)(Nc1ccccc1F)c1ccc2c(c1)CCCC2. The zero-order valence-corrected chi connectivity index (χ0v) is 12.3. The van der Waals surface area contributed by atoms with Crippen LogP contribution < -0.4 is 4.72 Å². The highest BCUT2D eigenvalue weighted by Crippen LogP contribution is 2.25. The number of nitrogens with one attached hydrogen (secondary N) is 1. The van der Waals surface area contributed by atoms with Crippen molar-refractivity contribution in [1.29, 1.82) is 0 Å². The Bertz CT molecular complexity index is 772. The molecule has 0 heterocycles. The molecule has 3 rings (SSSR count). The summed E-state index contributed by atoms with van der Waals surface area (Å²) in [4.78, 5) is 0.186. The number of hydrogen-bond donors (Lipinski definition) is 1. The third-order valence-electron chi connectivity index (χ3n) is 3.75. The average molecular weight is 305 g/mol. The van der Waals surface area contributed by atoms with E-state index in [1.165, 1.54) is 23.8 Å². The normalized spacial score (nSPS) is 14.5. The van der Waals surface area contributed by atoms with Crippen molar-refractivity contribution in [3.8, 4) is 0 Å². The molecule has 5 heteroatoms. The van der Waals surface area contributed by atoms with E-state index in [-0.39, 0.29) is 10.6 Å². The topological polar surface area (TPSA) is 46.2 Å². The smallest absolute Gasteiger partial charge is 0.261 e. The van der Waals surface area contributed by atoms with Gasteiger partial charge in [-0.2, -0.15) is 0 Å². The van der Waals surface area contributed by atoms with E-state index < -0.39 is 15.8 Å². The average Bonchev–Trinajstić information content (AvgIpc) is 2.49. The van der Waals surface area contributed by atoms with Crippen molar-refractivity contribution >= 4 is 15.7 Å². The van der Waals surface area contributed by atoms with E-state index in [0.29, 0.717) is 0 Å². The highest BCUT2D eigenvalue weighted by atomic mass is 32.2. The summed E-state index contributed by atoms with van der Waals surface area (Å²) in [7, 11) is -3.76. The summed E-state index contributed by atoms with van der Waals surface area (Å²) in [5, 5.41) is 0. The molecule has 1 aliphatic carbocycles. The van der Waals surface area contributed by atoms with Crippen molar-refractivity contribution < 1.29 is 12.8 Å². The Kier molecular flexibility index (Phi) is 3.68. The maximum Gasteiger partial charge on any atom is 0.261 e. The maximum absolute atomic E-state index is 13.6. The second-order valence-corrected chi connectivity index (χ2v) is 6.91. The fourth-order valence-electron chi connectivity index (χ4n) is 2.62. The number of aryl methyl sites for hydroxylation is 2. The van der Waals surface area contributed by atoms with Crippen molar-refractivity contribution in [3.63, 3.8) is 0 Å². The lowest BCUT2D eigenvalue weighted by Crippen LogP contribution is -2.15. The van der Waals surface area contributed by atoms with Crippen molar-refractivity contribution in [2.24, 2.45) is 0 Å². The van der Waals surface area contributed by atoms with Crippen molar-refractivity contribution in [3.05, 3.63) is 59.4 Å². The Morgan fingerprint density at radius 3 is 2.43 bits per heavy atom. The van der Waals surface area contributed by atoms with Crippen LogP contribution in [-0.2, 0) is 22.9 Å². The van der Waals surface area contributed by atoms with Crippen LogP contribution in [0.3, 0.4) is 0 Å². The summed E-state index contributed by atoms with van der Waals surface area (Å²) in [5.41, 5.74) is 2.26. The van der Waals surface area contributed by atoms with Crippen LogP contribution in [0.5, 0.6) is 0 Å². The third kappa shape index (κ3) is 2.93. The molecule has 1 aliphatic rings. The Morgan fingerprint density at radius 1 is 0.952 bits per heavy atom. The zero-order valence-electron chi connectivity index (χ0n) is 11.5. The van der Waals surface area contributed by atoms with Crippen LogP contribution in [0.15, 0.2) is 47.4 Å². The molecule has 0 radical (unpaired) electrons. The zero-order chi connectivity index (χ0) is 14.9. The van der Waals surface area contributed by atoms with E-state index in [0.717, 1.165) is 31.2 Å². The summed E-state index contributed by atoms with van der Waals surface area (Å²) in [6.07, 6.45) is 4.12. The predicted octanol–water partition coefficient (Wildman–Crippen LogP) is 3.51. The van der Waals surface area contributed by atoms with Crippen LogP contribution in [0.1, 0.15) is 24.0 Å². The second-order valence-electron chi connectivity index (χ2n) is 5.22. The van der Waals surface area contributed by atoms with Crippen LogP contribution >= 0.6 is 0 Å². The lowest BCUT2D eigenvalue weighted by atomic mass is 9.92. The molecule has 0 unspecified atom stereocenters. The molecule has 0 atom stereocenters. The summed E-state index contributed by atoms with van der Waals surface area (Å²) < 4.78 is 40.6. The molecule has 2 aromatic carbocycles. The number of fused-ring (bicyclic) bond motifs is 1. The Morgan fingerprint density at radius 2 is 1.67 bits per heavy atom. The molecule has 110 valence electrons. The first-order valence-corrected chi connectivity index (χ1v) is 8.44. The van der Waals surface area contributed by atoms with Crippen LogP contribution in [0.4, 0.5) is 10.1 Å². The standard InChI is InChI=1S/C16H16FNO2S/c17-15-7-3-4-8-16(15)18-21(19,20)14-10-9-12-5-1-2-6-13(12)11-14/h3-4,7-11,18H,1-2,5-6H2. The summed E-state index contributed by atoms with van der Waals surface area (Å²) in [6.45, 7) is 0. The van der Waals surface area contributed by atoms with E-state index in [1.54, 1.807) is 18.2 Å². The molecule has 3 nitrogen and oxygen atoms in total. The minimum atomic E-state index is -3.76. The Labute approximate surface area is 123 Å². The molecule has 0 saturated heterocycles. The van der Waals surface area contributed by atoms with Gasteiger partial charge in [-0.15, -0.1) is 0 Å². The van der Waals surface area contributed by atoms with Gasteiger partial charge in [0.05, 0.1) is 10.6 Å². The number of para-hydroxylation sites is 1. The fraction of sp³-hybridized carbons (Fsp3) is 0.250. The molecule has 1 N–H and O–H groups in total. The lowest BCUT2D eigenvalue weighted by Gasteiger charge is -2.17. The van der Waals surface area contributed by atoms with Gasteiger partial charge >= 0.3 is 0 Å². The van der Waals surface area contributed by atoms with Gasteiger partial charge in [0.1, 0.15) is 5.82 Å². The summed E-state index contributed by atoms with van der Waals surface area (Å²) in [5.74, 6) is -0.584. The van der Waals surface area contributed by atoms with Gasteiger partial charge in [-0.1, -0.05) is 18.2 Å². The van der Waals surface area contributed by atoms with Crippen LogP contribution in [-0.4, -0.2) is 8.42 Å². The number of sulfonamides is 1. The highest BCUT2D eigenvalue weighted by Gasteiger charge is 2.18. The molecule has 0 spiro atoms. The van der Waals surface area contributed by atoms with Gasteiger partial charge < -0.3 is 0 Å². The third-order valence-corrected chi connectivity index (χ3v) is 5.11. The quantitative estimate of drug-likeness (QED) is 0.943. The molecular weight excluding hydrogens is 289 g/mol. The van der Waals surface area contributed by atoms with Gasteiger partial charge in [-0.3, -0.25) is 4.72 Å². The van der Waals surface area contributed by atoms with E-state index in [9.17, 15) is 12.8 Å². The number of halogens is 1. The van der Waals surface area contributed by atoms with E-state index in [1.807, 2.05) is 6.07 Å². The molecule has 0 saturated carbocycles. The first-order chi connectivity index (χ1) is 10.1. The van der Waals surface area contributed by atoms with Crippen LogP contribution in [0, 0.1) is 5.82 Å². The largest absolute Gasteiger partial charge is 0.277 e. The Hall–Kier alpha value is -1.88.